The molecule has 0 unspecified atom stereocenters. The number of anilines is 1. The molecule has 3 N–H and O–H groups in total. The number of aromatic nitrogens is 2. The predicted molar refractivity (Wildman–Crippen MR) is 54.2 cm³/mol. The molecule has 14 heavy (non-hydrogen) atoms. The Hall–Kier alpha value is -1.07. The summed E-state index contributed by atoms with van der Waals surface area (Å²) in [5, 5.41) is 25.1. The largest absolute Gasteiger partial charge is 0.394 e. The number of aliphatic hydroxyl groups is 2. The Kier molecular flexibility index (Phi) is 3.91. The van der Waals surface area contributed by atoms with Gasteiger partial charge in [-0.25, -0.2) is 0 Å². The highest BCUT2D eigenvalue weighted by molar-refractivity contribution is 5.46. The summed E-state index contributed by atoms with van der Waals surface area (Å²) in [5.41, 5.74) is 1.89. The molecule has 1 atom stereocenters. The van der Waals surface area contributed by atoms with Gasteiger partial charge in [-0.1, -0.05) is 6.92 Å². The minimum Gasteiger partial charge on any atom is -0.394 e. The van der Waals surface area contributed by atoms with Crippen LogP contribution in [0.1, 0.15) is 12.6 Å². The molecule has 0 saturated carbocycles. The number of nitrogens with zero attached hydrogens (tertiary/aromatic N) is 2. The van der Waals surface area contributed by atoms with E-state index in [1.165, 1.54) is 0 Å². The molecular weight excluding hydrogens is 182 g/mol. The van der Waals surface area contributed by atoms with Crippen LogP contribution in [-0.2, 0) is 13.5 Å². The van der Waals surface area contributed by atoms with Crippen LogP contribution in [0, 0.1) is 0 Å². The van der Waals surface area contributed by atoms with E-state index in [9.17, 15) is 0 Å². The van der Waals surface area contributed by atoms with Gasteiger partial charge in [0.25, 0.3) is 0 Å². The van der Waals surface area contributed by atoms with Gasteiger partial charge in [0.1, 0.15) is 0 Å². The van der Waals surface area contributed by atoms with E-state index in [0.29, 0.717) is 6.54 Å². The summed E-state index contributed by atoms with van der Waals surface area (Å²) in [4.78, 5) is 0. The van der Waals surface area contributed by atoms with Crippen molar-refractivity contribution in [3.8, 4) is 0 Å². The van der Waals surface area contributed by atoms with Crippen LogP contribution in [-0.4, -0.2) is 39.2 Å². The van der Waals surface area contributed by atoms with Gasteiger partial charge in [0.2, 0.25) is 0 Å². The van der Waals surface area contributed by atoms with Gasteiger partial charge in [-0.3, -0.25) is 4.68 Å². The van der Waals surface area contributed by atoms with Gasteiger partial charge >= 0.3 is 0 Å². The van der Waals surface area contributed by atoms with Crippen molar-refractivity contribution in [3.05, 3.63) is 11.9 Å². The van der Waals surface area contributed by atoms with Crippen molar-refractivity contribution in [3.63, 3.8) is 0 Å². The molecule has 0 amide bonds. The molecule has 5 heteroatoms. The summed E-state index contributed by atoms with van der Waals surface area (Å²) in [5.74, 6) is 0. The van der Waals surface area contributed by atoms with Crippen molar-refractivity contribution in [2.75, 3.05) is 18.5 Å². The van der Waals surface area contributed by atoms with E-state index in [4.69, 9.17) is 10.2 Å². The predicted octanol–water partition coefficient (Wildman–Crippen LogP) is -0.252. The van der Waals surface area contributed by atoms with Gasteiger partial charge in [-0.15, -0.1) is 0 Å². The Morgan fingerprint density at radius 2 is 2.36 bits per heavy atom. The average Bonchev–Trinajstić information content (AvgIpc) is 2.55. The number of nitrogens with one attached hydrogen (secondary N) is 1. The monoisotopic (exact) mass is 199 g/mol. The maximum atomic E-state index is 9.15. The molecule has 1 aromatic rings. The minimum absolute atomic E-state index is 0.227. The number of aryl methyl sites for hydroxylation is 2. The molecule has 1 rings (SSSR count). The molecule has 0 aliphatic carbocycles. The fraction of sp³-hybridized carbons (Fsp3) is 0.667. The smallest absolute Gasteiger partial charge is 0.0942 e. The van der Waals surface area contributed by atoms with Crippen LogP contribution in [0.2, 0.25) is 0 Å². The molecule has 0 saturated heterocycles. The van der Waals surface area contributed by atoms with Crippen molar-refractivity contribution < 1.29 is 10.2 Å². The van der Waals surface area contributed by atoms with Crippen LogP contribution >= 0.6 is 0 Å². The zero-order valence-corrected chi connectivity index (χ0v) is 8.56. The summed E-state index contributed by atoms with van der Waals surface area (Å²) in [6.45, 7) is 2.14. The van der Waals surface area contributed by atoms with Crippen LogP contribution in [0.3, 0.4) is 0 Å². The molecule has 0 aliphatic rings. The fourth-order valence-electron chi connectivity index (χ4n) is 1.24. The van der Waals surface area contributed by atoms with Crippen molar-refractivity contribution >= 4 is 5.69 Å². The number of aliphatic hydroxyl groups excluding tert-OH is 2. The number of hydrogen-bond donors (Lipinski definition) is 3. The quantitative estimate of drug-likeness (QED) is 0.611. The van der Waals surface area contributed by atoms with Crippen LogP contribution < -0.4 is 5.32 Å². The molecule has 1 heterocycles. The van der Waals surface area contributed by atoms with Gasteiger partial charge in [0.05, 0.1) is 24.1 Å². The third-order valence-electron chi connectivity index (χ3n) is 1.98. The van der Waals surface area contributed by atoms with E-state index < -0.39 is 6.10 Å². The second-order valence-corrected chi connectivity index (χ2v) is 3.23. The summed E-state index contributed by atoms with van der Waals surface area (Å²) < 4.78 is 1.73. The Bertz CT molecular complexity index is 286. The average molecular weight is 199 g/mol. The van der Waals surface area contributed by atoms with Crippen LogP contribution in [0.25, 0.3) is 0 Å². The number of hydrogen-bond acceptors (Lipinski definition) is 4. The zero-order valence-electron chi connectivity index (χ0n) is 8.56. The third-order valence-corrected chi connectivity index (χ3v) is 1.98. The first kappa shape index (κ1) is 11.0. The molecule has 1 aromatic heterocycles. The summed E-state index contributed by atoms with van der Waals surface area (Å²) in [6.07, 6.45) is 1.99. The SMILES string of the molecule is CCc1nn(C)cc1NC[C@H](O)CO. The first-order valence-electron chi connectivity index (χ1n) is 4.72. The molecular formula is C9H17N3O2. The molecule has 0 spiro atoms. The normalized spacial score (nSPS) is 12.9. The molecule has 0 fully saturated rings. The Labute approximate surface area is 83.4 Å². The summed E-state index contributed by atoms with van der Waals surface area (Å²) >= 11 is 0. The maximum absolute atomic E-state index is 9.15. The maximum Gasteiger partial charge on any atom is 0.0942 e. The van der Waals surface area contributed by atoms with Gasteiger partial charge in [-0.05, 0) is 6.42 Å². The zero-order chi connectivity index (χ0) is 10.6. The fourth-order valence-corrected chi connectivity index (χ4v) is 1.24. The second-order valence-electron chi connectivity index (χ2n) is 3.23. The standard InChI is InChI=1S/C9H17N3O2/c1-3-8-9(5-12(2)11-8)10-4-7(14)6-13/h5,7,10,13-14H,3-4,6H2,1-2H3/t7-/m0/s1. The van der Waals surface area contributed by atoms with Gasteiger partial charge in [-0.2, -0.15) is 5.10 Å². The van der Waals surface area contributed by atoms with Crippen molar-refractivity contribution in [1.29, 1.82) is 0 Å². The first-order valence-corrected chi connectivity index (χ1v) is 4.72. The van der Waals surface area contributed by atoms with Gasteiger partial charge in [0.15, 0.2) is 0 Å². The highest BCUT2D eigenvalue weighted by Gasteiger charge is 2.07. The van der Waals surface area contributed by atoms with E-state index in [1.807, 2.05) is 20.2 Å². The molecule has 0 radical (unpaired) electrons. The van der Waals surface area contributed by atoms with E-state index >= 15 is 0 Å². The highest BCUT2D eigenvalue weighted by Crippen LogP contribution is 2.13. The van der Waals surface area contributed by atoms with Crippen molar-refractivity contribution in [1.82, 2.24) is 9.78 Å². The summed E-state index contributed by atoms with van der Waals surface area (Å²) in [6, 6.07) is 0. The summed E-state index contributed by atoms with van der Waals surface area (Å²) in [7, 11) is 1.85. The lowest BCUT2D eigenvalue weighted by Gasteiger charge is -2.09. The van der Waals surface area contributed by atoms with Crippen molar-refractivity contribution in [2.24, 2.45) is 7.05 Å². The van der Waals surface area contributed by atoms with Crippen LogP contribution in [0.15, 0.2) is 6.20 Å². The topological polar surface area (TPSA) is 70.3 Å². The third kappa shape index (κ3) is 2.71. The number of rotatable bonds is 5. The lowest BCUT2D eigenvalue weighted by molar-refractivity contribution is 0.105. The lowest BCUT2D eigenvalue weighted by Crippen LogP contribution is -2.23. The van der Waals surface area contributed by atoms with E-state index in [2.05, 4.69) is 10.4 Å². The highest BCUT2D eigenvalue weighted by atomic mass is 16.3. The Morgan fingerprint density at radius 3 is 2.93 bits per heavy atom. The van der Waals surface area contributed by atoms with E-state index in [0.717, 1.165) is 17.8 Å². The minimum atomic E-state index is -0.722. The van der Waals surface area contributed by atoms with Crippen LogP contribution in [0.5, 0.6) is 0 Å². The molecule has 80 valence electrons. The van der Waals surface area contributed by atoms with Gasteiger partial charge < -0.3 is 15.5 Å². The Morgan fingerprint density at radius 1 is 1.64 bits per heavy atom. The molecule has 0 aliphatic heterocycles. The first-order chi connectivity index (χ1) is 6.67. The van der Waals surface area contributed by atoms with Crippen LogP contribution in [0.4, 0.5) is 5.69 Å². The molecule has 5 nitrogen and oxygen atoms in total. The van der Waals surface area contributed by atoms with E-state index in [-0.39, 0.29) is 6.61 Å². The van der Waals surface area contributed by atoms with Gasteiger partial charge in [0, 0.05) is 19.8 Å². The van der Waals surface area contributed by atoms with Crippen molar-refractivity contribution in [2.45, 2.75) is 19.4 Å². The molecule has 0 aromatic carbocycles. The van der Waals surface area contributed by atoms with E-state index in [1.54, 1.807) is 4.68 Å². The molecule has 0 bridgehead atoms. The lowest BCUT2D eigenvalue weighted by atomic mass is 10.3. The Balaban J connectivity index is 2.57. The second kappa shape index (κ2) is 4.97.